The molecule has 0 aliphatic heterocycles. The Morgan fingerprint density at radius 2 is 2.11 bits per heavy atom. The summed E-state index contributed by atoms with van der Waals surface area (Å²) in [5.41, 5.74) is 0.125. The van der Waals surface area contributed by atoms with E-state index in [0.717, 1.165) is 17.8 Å². The number of benzene rings is 1. The molecule has 0 fully saturated rings. The van der Waals surface area contributed by atoms with Crippen molar-refractivity contribution in [2.75, 3.05) is 19.7 Å². The summed E-state index contributed by atoms with van der Waals surface area (Å²) in [7, 11) is 1.82. The molecule has 2 rings (SSSR count). The zero-order valence-electron chi connectivity index (χ0n) is 15.7. The van der Waals surface area contributed by atoms with Gasteiger partial charge in [-0.2, -0.15) is 18.3 Å². The number of aromatic nitrogens is 2. The van der Waals surface area contributed by atoms with Gasteiger partial charge in [-0.15, -0.1) is 0 Å². The molecule has 0 saturated heterocycles. The van der Waals surface area contributed by atoms with E-state index in [4.69, 9.17) is 4.74 Å². The van der Waals surface area contributed by atoms with Crippen LogP contribution in [-0.4, -0.2) is 46.6 Å². The van der Waals surface area contributed by atoms with Gasteiger partial charge in [0.1, 0.15) is 18.5 Å². The van der Waals surface area contributed by atoms with Gasteiger partial charge in [-0.05, 0) is 31.2 Å². The average molecular weight is 399 g/mol. The lowest BCUT2D eigenvalue weighted by molar-refractivity contribution is -0.137. The van der Waals surface area contributed by atoms with Crippen LogP contribution in [0.1, 0.15) is 18.2 Å². The van der Waals surface area contributed by atoms with Crippen molar-refractivity contribution >= 4 is 5.96 Å². The fourth-order valence-corrected chi connectivity index (χ4v) is 2.29. The smallest absolute Gasteiger partial charge is 0.416 e. The highest BCUT2D eigenvalue weighted by molar-refractivity contribution is 5.79. The highest BCUT2D eigenvalue weighted by atomic mass is 19.4. The molecular weight excluding hydrogens is 375 g/mol. The van der Waals surface area contributed by atoms with Crippen LogP contribution in [0.4, 0.5) is 13.2 Å². The lowest BCUT2D eigenvalue weighted by Crippen LogP contribution is -2.42. The number of aliphatic imine (C=N–C) groups is 1. The molecule has 10 heteroatoms. The van der Waals surface area contributed by atoms with Gasteiger partial charge in [-0.25, -0.2) is 4.99 Å². The molecule has 0 radical (unpaired) electrons. The van der Waals surface area contributed by atoms with Crippen LogP contribution in [0, 0.1) is 0 Å². The summed E-state index contributed by atoms with van der Waals surface area (Å²) in [5.74, 6) is 0.549. The van der Waals surface area contributed by atoms with Crippen LogP contribution in [0.15, 0.2) is 41.5 Å². The largest absolute Gasteiger partial charge is 0.491 e. The number of halogens is 3. The second-order valence-corrected chi connectivity index (χ2v) is 6.01. The van der Waals surface area contributed by atoms with Crippen LogP contribution >= 0.6 is 0 Å². The standard InChI is InChI=1S/C18H24F3N5O2/c1-3-22-17(23-10-14-7-8-25-26(14)2)24-11-15(27)12-28-16-6-4-5-13(9-16)18(19,20)21/h4-9,15,27H,3,10-12H2,1-2H3,(H2,22,23,24). The van der Waals surface area contributed by atoms with Crippen LogP contribution < -0.4 is 15.4 Å². The Balaban J connectivity index is 1.84. The number of aliphatic hydroxyl groups is 1. The number of hydrogen-bond acceptors (Lipinski definition) is 4. The topological polar surface area (TPSA) is 83.7 Å². The first-order valence-electron chi connectivity index (χ1n) is 8.76. The van der Waals surface area contributed by atoms with Crippen molar-refractivity contribution in [2.45, 2.75) is 25.7 Å². The van der Waals surface area contributed by atoms with Crippen LogP contribution in [0.2, 0.25) is 0 Å². The lowest BCUT2D eigenvalue weighted by Gasteiger charge is -2.16. The Morgan fingerprint density at radius 1 is 1.32 bits per heavy atom. The summed E-state index contributed by atoms with van der Waals surface area (Å²) in [6.07, 6.45) is -3.69. The number of nitrogens with zero attached hydrogens (tertiary/aromatic N) is 3. The molecule has 0 aliphatic carbocycles. The first-order valence-corrected chi connectivity index (χ1v) is 8.76. The monoisotopic (exact) mass is 399 g/mol. The number of guanidine groups is 1. The highest BCUT2D eigenvalue weighted by Crippen LogP contribution is 2.31. The van der Waals surface area contributed by atoms with Gasteiger partial charge in [0.05, 0.1) is 17.8 Å². The zero-order valence-corrected chi connectivity index (χ0v) is 15.7. The summed E-state index contributed by atoms with van der Waals surface area (Å²) in [6.45, 7) is 2.91. The molecule has 28 heavy (non-hydrogen) atoms. The van der Waals surface area contributed by atoms with E-state index in [2.05, 4.69) is 20.7 Å². The van der Waals surface area contributed by atoms with Gasteiger partial charge >= 0.3 is 6.18 Å². The van der Waals surface area contributed by atoms with Gasteiger partial charge in [0.2, 0.25) is 0 Å². The molecule has 0 bridgehead atoms. The predicted molar refractivity (Wildman–Crippen MR) is 99.0 cm³/mol. The molecular formula is C18H24F3N5O2. The van der Waals surface area contributed by atoms with E-state index in [1.54, 1.807) is 10.9 Å². The number of nitrogens with one attached hydrogen (secondary N) is 2. The normalized spacial score (nSPS) is 13.3. The molecule has 154 valence electrons. The first-order chi connectivity index (χ1) is 13.3. The van der Waals surface area contributed by atoms with Crippen molar-refractivity contribution in [3.05, 3.63) is 47.8 Å². The summed E-state index contributed by atoms with van der Waals surface area (Å²) in [6, 6.07) is 6.39. The van der Waals surface area contributed by atoms with E-state index < -0.39 is 17.8 Å². The average Bonchev–Trinajstić information content (AvgIpc) is 3.06. The Kier molecular flexibility index (Phi) is 7.68. The van der Waals surface area contributed by atoms with Crippen molar-refractivity contribution in [1.29, 1.82) is 0 Å². The van der Waals surface area contributed by atoms with Gasteiger partial charge in [0.15, 0.2) is 5.96 Å². The van der Waals surface area contributed by atoms with E-state index in [1.165, 1.54) is 12.1 Å². The second kappa shape index (κ2) is 9.98. The van der Waals surface area contributed by atoms with Crippen molar-refractivity contribution in [3.63, 3.8) is 0 Å². The Morgan fingerprint density at radius 3 is 2.75 bits per heavy atom. The van der Waals surface area contributed by atoms with Crippen molar-refractivity contribution in [3.8, 4) is 5.75 Å². The number of aliphatic hydroxyl groups excluding tert-OH is 1. The zero-order chi connectivity index (χ0) is 20.6. The molecule has 3 N–H and O–H groups in total. The maximum Gasteiger partial charge on any atom is 0.416 e. The SMILES string of the molecule is CCNC(=NCc1ccnn1C)NCC(O)COc1cccc(C(F)(F)F)c1. The molecule has 7 nitrogen and oxygen atoms in total. The number of rotatable bonds is 8. The van der Waals surface area contributed by atoms with E-state index >= 15 is 0 Å². The minimum Gasteiger partial charge on any atom is -0.491 e. The molecule has 0 aliphatic rings. The molecule has 1 aromatic carbocycles. The summed E-state index contributed by atoms with van der Waals surface area (Å²) in [4.78, 5) is 4.40. The Bertz CT molecular complexity index is 777. The van der Waals surface area contributed by atoms with E-state index in [0.29, 0.717) is 19.0 Å². The summed E-state index contributed by atoms with van der Waals surface area (Å²) in [5, 5.41) is 20.1. The highest BCUT2D eigenvalue weighted by Gasteiger charge is 2.30. The van der Waals surface area contributed by atoms with Crippen molar-refractivity contribution in [1.82, 2.24) is 20.4 Å². The van der Waals surface area contributed by atoms with E-state index in [9.17, 15) is 18.3 Å². The van der Waals surface area contributed by atoms with Crippen LogP contribution in [0.3, 0.4) is 0 Å². The van der Waals surface area contributed by atoms with Crippen LogP contribution in [0.25, 0.3) is 0 Å². The lowest BCUT2D eigenvalue weighted by atomic mass is 10.2. The quantitative estimate of drug-likeness (QED) is 0.467. The molecule has 1 unspecified atom stereocenters. The predicted octanol–water partition coefficient (Wildman–Crippen LogP) is 1.93. The number of ether oxygens (including phenoxy) is 1. The van der Waals surface area contributed by atoms with Crippen LogP contribution in [0.5, 0.6) is 5.75 Å². The maximum atomic E-state index is 12.7. The fraction of sp³-hybridized carbons (Fsp3) is 0.444. The molecule has 2 aromatic rings. The summed E-state index contributed by atoms with van der Waals surface area (Å²) >= 11 is 0. The van der Waals surface area contributed by atoms with Gasteiger partial charge in [-0.1, -0.05) is 6.07 Å². The molecule has 0 saturated carbocycles. The van der Waals surface area contributed by atoms with Crippen LogP contribution in [-0.2, 0) is 19.8 Å². The number of alkyl halides is 3. The third kappa shape index (κ3) is 6.76. The molecule has 1 heterocycles. The molecule has 0 amide bonds. The van der Waals surface area contributed by atoms with Gasteiger partial charge < -0.3 is 20.5 Å². The minimum atomic E-state index is -4.44. The third-order valence-electron chi connectivity index (χ3n) is 3.77. The van der Waals surface area contributed by atoms with Crippen molar-refractivity contribution in [2.24, 2.45) is 12.0 Å². The van der Waals surface area contributed by atoms with E-state index in [1.807, 2.05) is 20.0 Å². The minimum absolute atomic E-state index is 0.0469. The first kappa shape index (κ1) is 21.5. The summed E-state index contributed by atoms with van der Waals surface area (Å²) < 4.78 is 45.1. The second-order valence-electron chi connectivity index (χ2n) is 6.01. The van der Waals surface area contributed by atoms with Gasteiger partial charge in [-0.3, -0.25) is 4.68 Å². The van der Waals surface area contributed by atoms with E-state index in [-0.39, 0.29) is 18.9 Å². The molecule has 1 aromatic heterocycles. The Hall–Kier alpha value is -2.75. The Labute approximate surface area is 161 Å². The number of hydrogen-bond donors (Lipinski definition) is 3. The molecule has 0 spiro atoms. The third-order valence-corrected chi connectivity index (χ3v) is 3.77. The van der Waals surface area contributed by atoms with Crippen molar-refractivity contribution < 1.29 is 23.0 Å². The number of aryl methyl sites for hydroxylation is 1. The fourth-order valence-electron chi connectivity index (χ4n) is 2.29. The van der Waals surface area contributed by atoms with Gasteiger partial charge in [0.25, 0.3) is 0 Å². The molecule has 1 atom stereocenters. The van der Waals surface area contributed by atoms with Gasteiger partial charge in [0, 0.05) is 26.3 Å². The maximum absolute atomic E-state index is 12.7.